The molecule has 40 heavy (non-hydrogen) atoms. The number of likely N-dealkylation sites (tertiary alicyclic amines) is 1. The molecule has 0 unspecified atom stereocenters. The second-order valence-electron chi connectivity index (χ2n) is 10.4. The smallest absolute Gasteiger partial charge is 0.407 e. The number of amides is 2. The SMILES string of the molecule is CN1CCC[C@H]1c1cncc(OCCNC(=O)CCOCCOCCOCCOCCNC(=O)OC(C)(C)C)c1. The molecule has 1 saturated heterocycles. The van der Waals surface area contributed by atoms with E-state index in [0.717, 1.165) is 18.7 Å². The molecule has 2 rings (SSSR count). The number of carbonyl (C=O) groups is 2. The number of hydrogen-bond donors (Lipinski definition) is 2. The van der Waals surface area contributed by atoms with Crippen LogP contribution in [0.1, 0.15) is 51.6 Å². The predicted octanol–water partition coefficient (Wildman–Crippen LogP) is 2.32. The van der Waals surface area contributed by atoms with Crippen LogP contribution in [0.5, 0.6) is 5.75 Å². The molecule has 1 aromatic heterocycles. The van der Waals surface area contributed by atoms with Gasteiger partial charge in [-0.3, -0.25) is 14.7 Å². The summed E-state index contributed by atoms with van der Waals surface area (Å²) in [5, 5.41) is 5.46. The van der Waals surface area contributed by atoms with Crippen LogP contribution < -0.4 is 15.4 Å². The van der Waals surface area contributed by atoms with Gasteiger partial charge in [0.15, 0.2) is 0 Å². The van der Waals surface area contributed by atoms with Crippen LogP contribution >= 0.6 is 0 Å². The molecule has 0 aliphatic carbocycles. The zero-order chi connectivity index (χ0) is 29.1. The number of rotatable bonds is 20. The summed E-state index contributed by atoms with van der Waals surface area (Å²) in [7, 11) is 2.13. The molecular formula is C28H48N4O8. The highest BCUT2D eigenvalue weighted by Crippen LogP contribution is 2.31. The molecule has 1 aliphatic rings. The van der Waals surface area contributed by atoms with Crippen LogP contribution in [0.4, 0.5) is 4.79 Å². The third kappa shape index (κ3) is 15.9. The Labute approximate surface area is 238 Å². The molecule has 1 aliphatic heterocycles. The van der Waals surface area contributed by atoms with Gasteiger partial charge in [-0.1, -0.05) is 0 Å². The monoisotopic (exact) mass is 568 g/mol. The van der Waals surface area contributed by atoms with Crippen molar-refractivity contribution in [2.45, 2.75) is 51.7 Å². The van der Waals surface area contributed by atoms with Crippen molar-refractivity contribution in [3.05, 3.63) is 24.0 Å². The van der Waals surface area contributed by atoms with Crippen molar-refractivity contribution in [2.75, 3.05) is 86.1 Å². The second-order valence-corrected chi connectivity index (χ2v) is 10.4. The van der Waals surface area contributed by atoms with E-state index in [0.29, 0.717) is 78.6 Å². The van der Waals surface area contributed by atoms with Crippen molar-refractivity contribution in [1.29, 1.82) is 0 Å². The first-order valence-corrected chi connectivity index (χ1v) is 14.1. The van der Waals surface area contributed by atoms with Gasteiger partial charge in [0.1, 0.15) is 18.0 Å². The van der Waals surface area contributed by atoms with Crippen LogP contribution in [0.15, 0.2) is 18.5 Å². The molecule has 12 nitrogen and oxygen atoms in total. The lowest BCUT2D eigenvalue weighted by atomic mass is 10.1. The molecule has 2 N–H and O–H groups in total. The standard InChI is InChI=1S/C28H48N4O8/c1-28(2,3)40-27(34)31-8-12-36-15-17-38-19-18-37-16-14-35-11-7-26(33)30-9-13-39-24-20-23(21-29-22-24)25-6-5-10-32(25)4/h20-22,25H,5-19H2,1-4H3,(H,30,33)(H,31,34)/t25-/m0/s1. The van der Waals surface area contributed by atoms with E-state index in [-0.39, 0.29) is 12.3 Å². The van der Waals surface area contributed by atoms with Crippen LogP contribution in [0.2, 0.25) is 0 Å². The number of carbonyl (C=O) groups excluding carboxylic acids is 2. The van der Waals surface area contributed by atoms with Crippen molar-refractivity contribution in [3.8, 4) is 5.75 Å². The molecule has 2 amide bonds. The lowest BCUT2D eigenvalue weighted by Gasteiger charge is -2.19. The molecule has 0 saturated carbocycles. The van der Waals surface area contributed by atoms with Crippen LogP contribution in [0.3, 0.4) is 0 Å². The molecule has 0 spiro atoms. The van der Waals surface area contributed by atoms with E-state index in [2.05, 4.69) is 27.6 Å². The van der Waals surface area contributed by atoms with E-state index >= 15 is 0 Å². The summed E-state index contributed by atoms with van der Waals surface area (Å²) in [5.41, 5.74) is 0.654. The molecule has 228 valence electrons. The highest BCUT2D eigenvalue weighted by Gasteiger charge is 2.23. The lowest BCUT2D eigenvalue weighted by molar-refractivity contribution is -0.122. The van der Waals surface area contributed by atoms with Crippen LogP contribution in [-0.4, -0.2) is 114 Å². The minimum Gasteiger partial charge on any atom is -0.490 e. The van der Waals surface area contributed by atoms with Crippen molar-refractivity contribution in [2.24, 2.45) is 0 Å². The maximum Gasteiger partial charge on any atom is 0.407 e. The Hall–Kier alpha value is -2.51. The lowest BCUT2D eigenvalue weighted by Crippen LogP contribution is -2.34. The first-order valence-electron chi connectivity index (χ1n) is 14.1. The van der Waals surface area contributed by atoms with Gasteiger partial charge < -0.3 is 39.1 Å². The highest BCUT2D eigenvalue weighted by atomic mass is 16.6. The number of alkyl carbamates (subject to hydrolysis) is 1. The third-order valence-electron chi connectivity index (χ3n) is 5.84. The van der Waals surface area contributed by atoms with E-state index < -0.39 is 11.7 Å². The van der Waals surface area contributed by atoms with Gasteiger partial charge in [0.25, 0.3) is 0 Å². The summed E-state index contributed by atoms with van der Waals surface area (Å²) < 4.78 is 32.6. The summed E-state index contributed by atoms with van der Waals surface area (Å²) in [4.78, 5) is 30.1. The van der Waals surface area contributed by atoms with Crippen LogP contribution in [0, 0.1) is 0 Å². The van der Waals surface area contributed by atoms with Crippen LogP contribution in [0.25, 0.3) is 0 Å². The Bertz CT molecular complexity index is 852. The van der Waals surface area contributed by atoms with E-state index in [1.807, 2.05) is 33.0 Å². The molecule has 12 heteroatoms. The van der Waals surface area contributed by atoms with E-state index in [1.54, 1.807) is 6.20 Å². The summed E-state index contributed by atoms with van der Waals surface area (Å²) >= 11 is 0. The van der Waals surface area contributed by atoms with Gasteiger partial charge in [-0.2, -0.15) is 0 Å². The second kappa shape index (κ2) is 19.5. The van der Waals surface area contributed by atoms with Gasteiger partial charge in [0.05, 0.1) is 65.6 Å². The van der Waals surface area contributed by atoms with Crippen molar-refractivity contribution in [3.63, 3.8) is 0 Å². The fraction of sp³-hybridized carbons (Fsp3) is 0.750. The number of ether oxygens (including phenoxy) is 6. The third-order valence-corrected chi connectivity index (χ3v) is 5.84. The van der Waals surface area contributed by atoms with Crippen molar-refractivity contribution >= 4 is 12.0 Å². The fourth-order valence-electron chi connectivity index (χ4n) is 3.94. The number of nitrogens with zero attached hydrogens (tertiary/aromatic N) is 2. The average molecular weight is 569 g/mol. The number of hydrogen-bond acceptors (Lipinski definition) is 10. The number of nitrogens with one attached hydrogen (secondary N) is 2. The number of pyridine rings is 1. The summed E-state index contributed by atoms with van der Waals surface area (Å²) in [6.07, 6.45) is 5.75. The van der Waals surface area contributed by atoms with Crippen LogP contribution in [-0.2, 0) is 28.5 Å². The predicted molar refractivity (Wildman–Crippen MR) is 149 cm³/mol. The Morgan fingerprint density at radius 2 is 1.52 bits per heavy atom. The fourth-order valence-corrected chi connectivity index (χ4v) is 3.94. The van der Waals surface area contributed by atoms with Gasteiger partial charge in [-0.25, -0.2) is 4.79 Å². The topological polar surface area (TPSA) is 130 Å². The Kier molecular flexibility index (Phi) is 16.5. The zero-order valence-electron chi connectivity index (χ0n) is 24.6. The normalized spacial score (nSPS) is 15.7. The average Bonchev–Trinajstić information content (AvgIpc) is 3.34. The molecule has 1 fully saturated rings. The summed E-state index contributed by atoms with van der Waals surface area (Å²) in [6.45, 7) is 11.0. The maximum atomic E-state index is 12.0. The quantitative estimate of drug-likeness (QED) is 0.226. The Morgan fingerprint density at radius 1 is 0.900 bits per heavy atom. The summed E-state index contributed by atoms with van der Waals surface area (Å²) in [5.74, 6) is 0.638. The molecular weight excluding hydrogens is 520 g/mol. The van der Waals surface area contributed by atoms with E-state index in [9.17, 15) is 9.59 Å². The van der Waals surface area contributed by atoms with Gasteiger partial charge in [0.2, 0.25) is 5.91 Å². The van der Waals surface area contributed by atoms with E-state index in [4.69, 9.17) is 28.4 Å². The highest BCUT2D eigenvalue weighted by molar-refractivity contribution is 5.75. The summed E-state index contributed by atoms with van der Waals surface area (Å²) in [6, 6.07) is 2.43. The van der Waals surface area contributed by atoms with Gasteiger partial charge in [-0.05, 0) is 58.8 Å². The van der Waals surface area contributed by atoms with Gasteiger partial charge >= 0.3 is 6.09 Å². The maximum absolute atomic E-state index is 12.0. The Balaban J connectivity index is 1.33. The molecule has 1 aromatic rings. The largest absolute Gasteiger partial charge is 0.490 e. The van der Waals surface area contributed by atoms with E-state index in [1.165, 1.54) is 12.0 Å². The van der Waals surface area contributed by atoms with Gasteiger partial charge in [-0.15, -0.1) is 0 Å². The number of aromatic nitrogens is 1. The minimum atomic E-state index is -0.515. The molecule has 0 bridgehead atoms. The zero-order valence-corrected chi connectivity index (χ0v) is 24.6. The first-order chi connectivity index (χ1) is 19.2. The molecule has 2 heterocycles. The minimum absolute atomic E-state index is 0.0831. The Morgan fingerprint density at radius 3 is 2.15 bits per heavy atom. The van der Waals surface area contributed by atoms with Crippen molar-refractivity contribution < 1.29 is 38.0 Å². The van der Waals surface area contributed by atoms with Crippen molar-refractivity contribution in [1.82, 2.24) is 20.5 Å². The first kappa shape index (κ1) is 33.7. The molecule has 1 atom stereocenters. The molecule has 0 aromatic carbocycles. The molecule has 0 radical (unpaired) electrons. The van der Waals surface area contributed by atoms with Gasteiger partial charge in [0, 0.05) is 25.2 Å².